The van der Waals surface area contributed by atoms with Gasteiger partial charge in [0.05, 0.1) is 12.6 Å². The Hall–Kier alpha value is -1.53. The van der Waals surface area contributed by atoms with E-state index in [0.29, 0.717) is 17.8 Å². The number of hydrogen-bond donors (Lipinski definition) is 2. The lowest BCUT2D eigenvalue weighted by molar-refractivity contribution is 0.0594. The van der Waals surface area contributed by atoms with Gasteiger partial charge >= 0.3 is 0 Å². The smallest absolute Gasteiger partial charge is 0.272 e. The molecular weight excluding hydrogens is 274 g/mol. The van der Waals surface area contributed by atoms with Crippen LogP contribution < -0.4 is 5.73 Å². The van der Waals surface area contributed by atoms with Gasteiger partial charge in [-0.3, -0.25) is 9.78 Å². The van der Waals surface area contributed by atoms with Gasteiger partial charge in [0.1, 0.15) is 10.7 Å². The third-order valence-corrected chi connectivity index (χ3v) is 3.85. The van der Waals surface area contributed by atoms with Crippen LogP contribution in [0.2, 0.25) is 0 Å². The van der Waals surface area contributed by atoms with Gasteiger partial charge < -0.3 is 15.7 Å². The maximum Gasteiger partial charge on any atom is 0.272 e. The lowest BCUT2D eigenvalue weighted by Gasteiger charge is -2.28. The van der Waals surface area contributed by atoms with Crippen molar-refractivity contribution in [2.75, 3.05) is 13.2 Å². The normalized spacial score (nSPS) is 19.4. The van der Waals surface area contributed by atoms with Gasteiger partial charge in [0.25, 0.3) is 5.91 Å². The maximum absolute atomic E-state index is 12.5. The predicted octanol–water partition coefficient (Wildman–Crippen LogP) is 1.09. The van der Waals surface area contributed by atoms with E-state index in [0.717, 1.165) is 25.7 Å². The minimum atomic E-state index is -0.138. The number of hydrogen-bond acceptors (Lipinski definition) is 4. The minimum Gasteiger partial charge on any atom is -0.394 e. The zero-order valence-electron chi connectivity index (χ0n) is 11.3. The number of nitrogens with two attached hydrogens (primary N) is 1. The van der Waals surface area contributed by atoms with Crippen molar-refractivity contribution in [3.8, 4) is 0 Å². The topological polar surface area (TPSA) is 79.5 Å². The zero-order valence-corrected chi connectivity index (χ0v) is 12.1. The molecule has 0 saturated carbocycles. The second kappa shape index (κ2) is 6.76. The second-order valence-electron chi connectivity index (χ2n) is 4.98. The largest absolute Gasteiger partial charge is 0.394 e. The molecule has 0 radical (unpaired) electrons. The summed E-state index contributed by atoms with van der Waals surface area (Å²) in [7, 11) is 0. The molecule has 0 spiro atoms. The van der Waals surface area contributed by atoms with Crippen molar-refractivity contribution in [1.29, 1.82) is 0 Å². The van der Waals surface area contributed by atoms with Crippen LogP contribution in [0.3, 0.4) is 0 Å². The third kappa shape index (κ3) is 3.32. The number of pyridine rings is 1. The molecule has 1 amide bonds. The lowest BCUT2D eigenvalue weighted by atomic mass is 10.1. The molecule has 1 aliphatic heterocycles. The van der Waals surface area contributed by atoms with Crippen LogP contribution >= 0.6 is 12.2 Å². The molecule has 0 aromatic carbocycles. The first-order valence-electron chi connectivity index (χ1n) is 6.81. The molecular formula is C14H19N3O2S. The Kier molecular flexibility index (Phi) is 5.03. The Labute approximate surface area is 123 Å². The SMILES string of the molecule is NC(=S)c1ccc(C(=O)N2CCCCCC2CO)nc1. The summed E-state index contributed by atoms with van der Waals surface area (Å²) in [6.07, 6.45) is 5.46. The van der Waals surface area contributed by atoms with Gasteiger partial charge in [-0.15, -0.1) is 0 Å². The highest BCUT2D eigenvalue weighted by Gasteiger charge is 2.26. The molecule has 108 valence electrons. The summed E-state index contributed by atoms with van der Waals surface area (Å²) in [5.74, 6) is -0.138. The predicted molar refractivity (Wildman–Crippen MR) is 80.5 cm³/mol. The van der Waals surface area contributed by atoms with Gasteiger partial charge in [-0.1, -0.05) is 25.1 Å². The number of nitrogens with zero attached hydrogens (tertiary/aromatic N) is 2. The molecule has 3 N–H and O–H groups in total. The molecule has 0 bridgehead atoms. The molecule has 2 heterocycles. The highest BCUT2D eigenvalue weighted by molar-refractivity contribution is 7.80. The Balaban J connectivity index is 2.17. The maximum atomic E-state index is 12.5. The van der Waals surface area contributed by atoms with Crippen molar-refractivity contribution in [2.45, 2.75) is 31.7 Å². The summed E-state index contributed by atoms with van der Waals surface area (Å²) < 4.78 is 0. The molecule has 1 fully saturated rings. The van der Waals surface area contributed by atoms with Crippen LogP contribution in [0.5, 0.6) is 0 Å². The molecule has 1 saturated heterocycles. The van der Waals surface area contributed by atoms with Gasteiger partial charge in [0.15, 0.2) is 0 Å². The van der Waals surface area contributed by atoms with Crippen molar-refractivity contribution in [1.82, 2.24) is 9.88 Å². The Bertz CT molecular complexity index is 490. The van der Waals surface area contributed by atoms with Crippen LogP contribution in [-0.2, 0) is 0 Å². The van der Waals surface area contributed by atoms with E-state index in [9.17, 15) is 9.90 Å². The summed E-state index contributed by atoms with van der Waals surface area (Å²) in [5.41, 5.74) is 6.52. The monoisotopic (exact) mass is 293 g/mol. The van der Waals surface area contributed by atoms with Crippen LogP contribution in [0.15, 0.2) is 18.3 Å². The van der Waals surface area contributed by atoms with E-state index in [4.69, 9.17) is 18.0 Å². The Morgan fingerprint density at radius 3 is 2.85 bits per heavy atom. The molecule has 0 aliphatic carbocycles. The average Bonchev–Trinajstić information content (AvgIpc) is 2.71. The van der Waals surface area contributed by atoms with Crippen molar-refractivity contribution < 1.29 is 9.90 Å². The number of carbonyl (C=O) groups is 1. The van der Waals surface area contributed by atoms with E-state index in [2.05, 4.69) is 4.98 Å². The number of carbonyl (C=O) groups excluding carboxylic acids is 1. The fraction of sp³-hybridized carbons (Fsp3) is 0.500. The molecule has 2 rings (SSSR count). The Morgan fingerprint density at radius 1 is 1.45 bits per heavy atom. The summed E-state index contributed by atoms with van der Waals surface area (Å²) in [5, 5.41) is 9.45. The zero-order chi connectivity index (χ0) is 14.5. The van der Waals surface area contributed by atoms with E-state index in [1.807, 2.05) is 0 Å². The first-order valence-corrected chi connectivity index (χ1v) is 7.22. The van der Waals surface area contributed by atoms with Gasteiger partial charge in [-0.05, 0) is 25.0 Å². The highest BCUT2D eigenvalue weighted by Crippen LogP contribution is 2.18. The summed E-state index contributed by atoms with van der Waals surface area (Å²) in [6, 6.07) is 3.23. The van der Waals surface area contributed by atoms with E-state index < -0.39 is 0 Å². The molecule has 1 aliphatic rings. The highest BCUT2D eigenvalue weighted by atomic mass is 32.1. The van der Waals surface area contributed by atoms with Gasteiger partial charge in [-0.2, -0.15) is 0 Å². The Morgan fingerprint density at radius 2 is 2.25 bits per heavy atom. The van der Waals surface area contributed by atoms with Gasteiger partial charge in [0.2, 0.25) is 0 Å². The molecule has 5 nitrogen and oxygen atoms in total. The molecule has 1 unspecified atom stereocenters. The van der Waals surface area contributed by atoms with Gasteiger partial charge in [-0.25, -0.2) is 0 Å². The molecule has 1 aromatic rings. The van der Waals surface area contributed by atoms with E-state index in [1.54, 1.807) is 17.0 Å². The molecule has 20 heavy (non-hydrogen) atoms. The van der Waals surface area contributed by atoms with Crippen LogP contribution in [0.1, 0.15) is 41.7 Å². The molecule has 6 heteroatoms. The van der Waals surface area contributed by atoms with Crippen LogP contribution in [0, 0.1) is 0 Å². The fourth-order valence-corrected chi connectivity index (χ4v) is 2.57. The summed E-state index contributed by atoms with van der Waals surface area (Å²) in [6.45, 7) is 0.666. The number of thiocarbonyl (C=S) groups is 1. The number of amides is 1. The fourth-order valence-electron chi connectivity index (χ4n) is 2.45. The van der Waals surface area contributed by atoms with Crippen LogP contribution in [0.25, 0.3) is 0 Å². The van der Waals surface area contributed by atoms with E-state index in [-0.39, 0.29) is 23.5 Å². The number of aliphatic hydroxyl groups excluding tert-OH is 1. The number of likely N-dealkylation sites (tertiary alicyclic amines) is 1. The standard InChI is InChI=1S/C14H19N3O2S/c15-13(20)10-5-6-12(16-8-10)14(19)17-7-3-1-2-4-11(17)9-18/h5-6,8,11,18H,1-4,7,9H2,(H2,15,20). The summed E-state index contributed by atoms with van der Waals surface area (Å²) >= 11 is 4.86. The van der Waals surface area contributed by atoms with E-state index in [1.165, 1.54) is 6.20 Å². The minimum absolute atomic E-state index is 0.00326. The van der Waals surface area contributed by atoms with E-state index >= 15 is 0 Å². The average molecular weight is 293 g/mol. The number of aromatic nitrogens is 1. The van der Waals surface area contributed by atoms with Crippen LogP contribution in [0.4, 0.5) is 0 Å². The first kappa shape index (κ1) is 14.9. The number of rotatable bonds is 3. The van der Waals surface area contributed by atoms with Crippen molar-refractivity contribution in [3.63, 3.8) is 0 Å². The lowest BCUT2D eigenvalue weighted by Crippen LogP contribution is -2.42. The number of aliphatic hydroxyl groups is 1. The molecule has 1 aromatic heterocycles. The van der Waals surface area contributed by atoms with Crippen molar-refractivity contribution in [2.24, 2.45) is 5.73 Å². The quantitative estimate of drug-likeness (QED) is 0.816. The summed E-state index contributed by atoms with van der Waals surface area (Å²) in [4.78, 5) is 18.6. The van der Waals surface area contributed by atoms with Crippen molar-refractivity contribution >= 4 is 23.1 Å². The second-order valence-corrected chi connectivity index (χ2v) is 5.42. The van der Waals surface area contributed by atoms with Gasteiger partial charge in [0, 0.05) is 18.3 Å². The first-order chi connectivity index (χ1) is 9.63. The molecule has 1 atom stereocenters. The van der Waals surface area contributed by atoms with Crippen molar-refractivity contribution in [3.05, 3.63) is 29.6 Å². The van der Waals surface area contributed by atoms with Crippen LogP contribution in [-0.4, -0.2) is 45.1 Å². The third-order valence-electron chi connectivity index (χ3n) is 3.62.